The van der Waals surface area contributed by atoms with E-state index in [1.807, 2.05) is 0 Å². The molecule has 11 heteroatoms. The van der Waals surface area contributed by atoms with Gasteiger partial charge in [-0.25, -0.2) is 13.2 Å². The third-order valence-electron chi connectivity index (χ3n) is 10.5. The zero-order valence-corrected chi connectivity index (χ0v) is 26.0. The van der Waals surface area contributed by atoms with Gasteiger partial charge in [-0.15, -0.1) is 6.42 Å². The number of anilines is 1. The number of nitrogens with zero attached hydrogens (tertiary/aromatic N) is 4. The van der Waals surface area contributed by atoms with Crippen LogP contribution in [0.15, 0.2) is 30.3 Å². The molecule has 0 saturated carbocycles. The number of hydrogen-bond acceptors (Lipinski definition) is 8. The topological polar surface area (TPSA) is 90.8 Å². The molecule has 5 heterocycles. The molecule has 1 aromatic heterocycles. The largest absolute Gasteiger partial charge is 0.508 e. The van der Waals surface area contributed by atoms with Crippen LogP contribution in [0.1, 0.15) is 54.9 Å². The highest BCUT2D eigenvalue weighted by atomic mass is 19.1. The Bertz CT molecular complexity index is 2000. The van der Waals surface area contributed by atoms with Gasteiger partial charge in [0, 0.05) is 60.0 Å². The van der Waals surface area contributed by atoms with Crippen molar-refractivity contribution in [2.24, 2.45) is 0 Å². The number of carbonyl (C=O) groups excluding carboxylic acids is 1. The zero-order valence-electron chi connectivity index (χ0n) is 26.0. The van der Waals surface area contributed by atoms with E-state index in [0.717, 1.165) is 32.2 Å². The summed E-state index contributed by atoms with van der Waals surface area (Å²) in [6.07, 6.45) is 8.87. The Morgan fingerprint density at radius 1 is 1.17 bits per heavy atom. The van der Waals surface area contributed by atoms with Crippen molar-refractivity contribution in [3.8, 4) is 35.2 Å². The highest BCUT2D eigenvalue weighted by molar-refractivity contribution is 6.12. The number of terminal acetylenes is 1. The Kier molecular flexibility index (Phi) is 7.08. The summed E-state index contributed by atoms with van der Waals surface area (Å²) in [4.78, 5) is 26.9. The second kappa shape index (κ2) is 11.1. The van der Waals surface area contributed by atoms with Crippen LogP contribution in [0, 0.1) is 24.0 Å². The molecule has 4 aromatic rings. The van der Waals surface area contributed by atoms with Crippen LogP contribution in [0.5, 0.6) is 11.8 Å². The van der Waals surface area contributed by atoms with Crippen LogP contribution in [-0.4, -0.2) is 82.3 Å². The minimum absolute atomic E-state index is 0.0196. The summed E-state index contributed by atoms with van der Waals surface area (Å²) in [5.74, 6) is 0.632. The molecule has 4 saturated heterocycles. The molecule has 4 aliphatic rings. The number of carbonyl (C=O) groups is 1. The molecule has 3 aromatic carbocycles. The number of aromatic hydroxyl groups is 1. The van der Waals surface area contributed by atoms with Gasteiger partial charge in [-0.2, -0.15) is 9.97 Å². The lowest BCUT2D eigenvalue weighted by Crippen LogP contribution is -2.51. The predicted octanol–water partition coefficient (Wildman–Crippen LogP) is 5.51. The molecular formula is C36H34F3N5O3. The third kappa shape index (κ3) is 4.88. The van der Waals surface area contributed by atoms with Crippen molar-refractivity contribution >= 4 is 33.3 Å². The van der Waals surface area contributed by atoms with E-state index >= 15 is 4.39 Å². The fourth-order valence-electron chi connectivity index (χ4n) is 8.42. The second-order valence-corrected chi connectivity index (χ2v) is 13.5. The van der Waals surface area contributed by atoms with Gasteiger partial charge < -0.3 is 20.1 Å². The van der Waals surface area contributed by atoms with Crippen LogP contribution in [0.25, 0.3) is 32.8 Å². The van der Waals surface area contributed by atoms with Gasteiger partial charge >= 0.3 is 6.01 Å². The molecule has 0 unspecified atom stereocenters. The highest BCUT2D eigenvalue weighted by Gasteiger charge is 2.49. The monoisotopic (exact) mass is 641 g/mol. The molecule has 0 spiro atoms. The standard InChI is InChI=1S/C36H34F3N5O3/c1-3-25-29(38)8-5-20-11-24(46)12-27(30(20)25)31-26(19(2)45)13-28-33(32(31)39)41-35(42-34(28)43-16-22-6-7-23(17-43)40-22)47-18-36-9-4-10-44(36)15-21(37)14-36/h1,5,8,11-13,21-23,40,46H,4,6-7,9-10,14-18H2,2H3/t21-,22-,23+,36+/m1/s1. The Morgan fingerprint density at radius 3 is 2.70 bits per heavy atom. The summed E-state index contributed by atoms with van der Waals surface area (Å²) in [6, 6.07) is 7.34. The number of halogens is 3. The van der Waals surface area contributed by atoms with Gasteiger partial charge in [-0.3, -0.25) is 9.69 Å². The first-order valence-corrected chi connectivity index (χ1v) is 16.1. The molecule has 0 radical (unpaired) electrons. The number of phenols is 1. The van der Waals surface area contributed by atoms with Gasteiger partial charge in [0.1, 0.15) is 35.7 Å². The van der Waals surface area contributed by atoms with Crippen molar-refractivity contribution in [2.75, 3.05) is 37.7 Å². The summed E-state index contributed by atoms with van der Waals surface area (Å²) < 4.78 is 53.0. The number of benzene rings is 3. The van der Waals surface area contributed by atoms with Crippen molar-refractivity contribution < 1.29 is 27.8 Å². The van der Waals surface area contributed by atoms with Crippen LogP contribution in [-0.2, 0) is 0 Å². The number of phenolic OH excluding ortho intramolecular Hbond substituents is 1. The number of rotatable bonds is 6. The van der Waals surface area contributed by atoms with Crippen molar-refractivity contribution in [2.45, 2.75) is 62.8 Å². The maximum Gasteiger partial charge on any atom is 0.319 e. The number of nitrogens with one attached hydrogen (secondary N) is 1. The number of Topliss-reactive ketones (excluding diaryl/α,β-unsaturated/α-hetero) is 1. The second-order valence-electron chi connectivity index (χ2n) is 13.5. The Morgan fingerprint density at radius 2 is 1.96 bits per heavy atom. The van der Waals surface area contributed by atoms with Crippen molar-refractivity contribution in [1.29, 1.82) is 0 Å². The summed E-state index contributed by atoms with van der Waals surface area (Å²) in [5.41, 5.74) is -0.725. The van der Waals surface area contributed by atoms with E-state index in [0.29, 0.717) is 42.6 Å². The highest BCUT2D eigenvalue weighted by Crippen LogP contribution is 2.44. The number of hydrogen-bond donors (Lipinski definition) is 2. The number of aromatic nitrogens is 2. The predicted molar refractivity (Wildman–Crippen MR) is 173 cm³/mol. The maximum absolute atomic E-state index is 17.3. The van der Waals surface area contributed by atoms with E-state index in [9.17, 15) is 18.7 Å². The van der Waals surface area contributed by atoms with Crippen molar-refractivity contribution in [3.05, 3.63) is 53.1 Å². The zero-order chi connectivity index (χ0) is 32.6. The molecule has 2 N–H and O–H groups in total. The molecule has 0 amide bonds. The normalized spacial score (nSPS) is 25.4. The Hall–Kier alpha value is -4.40. The number of ketones is 1. The van der Waals surface area contributed by atoms with E-state index in [1.165, 1.54) is 31.2 Å². The molecule has 4 atom stereocenters. The summed E-state index contributed by atoms with van der Waals surface area (Å²) >= 11 is 0. The Labute approximate surface area is 269 Å². The average molecular weight is 642 g/mol. The molecule has 8 nitrogen and oxygen atoms in total. The SMILES string of the molecule is C#Cc1c(F)ccc2cc(O)cc(-c3c(C(C)=O)cc4c(N5C[C@H]6CC[C@@H](C5)N6)nc(OC[C@@]56CCCN5C[C@H](F)C6)nc4c3F)c12. The number of alkyl halides is 1. The quantitative estimate of drug-likeness (QED) is 0.211. The molecule has 47 heavy (non-hydrogen) atoms. The lowest BCUT2D eigenvalue weighted by molar-refractivity contribution is 0.101. The minimum atomic E-state index is -0.942. The maximum atomic E-state index is 17.3. The first-order chi connectivity index (χ1) is 22.6. The minimum Gasteiger partial charge on any atom is -0.508 e. The van der Waals surface area contributed by atoms with Crippen molar-refractivity contribution in [3.63, 3.8) is 0 Å². The van der Waals surface area contributed by atoms with E-state index in [1.54, 1.807) is 6.07 Å². The van der Waals surface area contributed by atoms with Gasteiger partial charge in [0.15, 0.2) is 11.6 Å². The van der Waals surface area contributed by atoms with Gasteiger partial charge in [0.2, 0.25) is 0 Å². The summed E-state index contributed by atoms with van der Waals surface area (Å²) in [6.45, 7) is 3.90. The molecule has 8 rings (SSSR count). The average Bonchev–Trinajstić information content (AvgIpc) is 3.69. The van der Waals surface area contributed by atoms with Gasteiger partial charge in [0.25, 0.3) is 0 Å². The van der Waals surface area contributed by atoms with Crippen molar-refractivity contribution in [1.82, 2.24) is 20.2 Å². The summed E-state index contributed by atoms with van der Waals surface area (Å²) in [5, 5.41) is 15.2. The van der Waals surface area contributed by atoms with Crippen LogP contribution in [0.2, 0.25) is 0 Å². The number of fused-ring (bicyclic) bond motifs is 5. The number of piperazine rings is 1. The lowest BCUT2D eigenvalue weighted by Gasteiger charge is -2.35. The molecule has 4 fully saturated rings. The lowest BCUT2D eigenvalue weighted by atomic mass is 9.89. The first-order valence-electron chi connectivity index (χ1n) is 16.1. The van der Waals surface area contributed by atoms with E-state index in [2.05, 4.69) is 26.0 Å². The van der Waals surface area contributed by atoms with Crippen LogP contribution in [0.3, 0.4) is 0 Å². The van der Waals surface area contributed by atoms with Gasteiger partial charge in [-0.1, -0.05) is 12.0 Å². The fraction of sp³-hybridized carbons (Fsp3) is 0.417. The van der Waals surface area contributed by atoms with E-state index < -0.39 is 29.1 Å². The van der Waals surface area contributed by atoms with E-state index in [-0.39, 0.29) is 63.6 Å². The first kappa shape index (κ1) is 30.0. The fourth-order valence-corrected chi connectivity index (χ4v) is 8.42. The molecular weight excluding hydrogens is 607 g/mol. The molecule has 0 aliphatic carbocycles. The van der Waals surface area contributed by atoms with Gasteiger partial charge in [-0.05, 0) is 74.4 Å². The van der Waals surface area contributed by atoms with Crippen LogP contribution in [0.4, 0.5) is 19.0 Å². The molecule has 2 bridgehead atoms. The third-order valence-corrected chi connectivity index (χ3v) is 10.5. The molecule has 242 valence electrons. The molecule has 4 aliphatic heterocycles. The summed E-state index contributed by atoms with van der Waals surface area (Å²) in [7, 11) is 0. The van der Waals surface area contributed by atoms with Crippen LogP contribution < -0.4 is 15.0 Å². The Balaban J connectivity index is 1.34. The van der Waals surface area contributed by atoms with Crippen LogP contribution >= 0.6 is 0 Å². The van der Waals surface area contributed by atoms with Gasteiger partial charge in [0.05, 0.1) is 11.1 Å². The number of ether oxygens (including phenoxy) is 1. The smallest absolute Gasteiger partial charge is 0.319 e. The van der Waals surface area contributed by atoms with E-state index in [4.69, 9.17) is 16.1 Å².